The molecule has 0 radical (unpaired) electrons. The van der Waals surface area contributed by atoms with Gasteiger partial charge in [0.15, 0.2) is 5.78 Å². The Morgan fingerprint density at radius 1 is 1.37 bits per heavy atom. The van der Waals surface area contributed by atoms with Crippen molar-refractivity contribution in [2.75, 3.05) is 40.3 Å². The third-order valence-corrected chi connectivity index (χ3v) is 2.87. The lowest BCUT2D eigenvalue weighted by Crippen LogP contribution is -2.28. The zero-order valence-electron chi connectivity index (χ0n) is 12.1. The SMILES string of the molecule is CCOc1ccccc1C(=O)CN(C)CCCNC. The van der Waals surface area contributed by atoms with Crippen molar-refractivity contribution in [2.45, 2.75) is 13.3 Å². The fourth-order valence-electron chi connectivity index (χ4n) is 1.91. The minimum Gasteiger partial charge on any atom is -0.493 e. The van der Waals surface area contributed by atoms with Gasteiger partial charge < -0.3 is 10.1 Å². The van der Waals surface area contributed by atoms with E-state index >= 15 is 0 Å². The second-order valence-corrected chi connectivity index (χ2v) is 4.55. The summed E-state index contributed by atoms with van der Waals surface area (Å²) >= 11 is 0. The van der Waals surface area contributed by atoms with Crippen molar-refractivity contribution in [2.24, 2.45) is 0 Å². The van der Waals surface area contributed by atoms with E-state index < -0.39 is 0 Å². The number of likely N-dealkylation sites (N-methyl/N-ethyl adjacent to an activating group) is 1. The molecule has 0 bridgehead atoms. The summed E-state index contributed by atoms with van der Waals surface area (Å²) in [5.74, 6) is 0.787. The fourth-order valence-corrected chi connectivity index (χ4v) is 1.91. The lowest BCUT2D eigenvalue weighted by molar-refractivity contribution is 0.0942. The number of nitrogens with zero attached hydrogens (tertiary/aromatic N) is 1. The summed E-state index contributed by atoms with van der Waals surface area (Å²) in [6.07, 6.45) is 1.04. The number of carbonyl (C=O) groups is 1. The van der Waals surface area contributed by atoms with Crippen LogP contribution in [0.4, 0.5) is 0 Å². The Kier molecular flexibility index (Phi) is 7.15. The van der Waals surface area contributed by atoms with Crippen LogP contribution >= 0.6 is 0 Å². The zero-order valence-corrected chi connectivity index (χ0v) is 12.1. The van der Waals surface area contributed by atoms with E-state index in [1.807, 2.05) is 50.2 Å². The molecule has 0 saturated heterocycles. The molecule has 0 unspecified atom stereocenters. The largest absolute Gasteiger partial charge is 0.493 e. The predicted molar refractivity (Wildman–Crippen MR) is 78.0 cm³/mol. The average Bonchev–Trinajstić information content (AvgIpc) is 2.40. The Hall–Kier alpha value is -1.39. The first-order valence-electron chi connectivity index (χ1n) is 6.77. The van der Waals surface area contributed by atoms with Crippen molar-refractivity contribution in [1.82, 2.24) is 10.2 Å². The molecular weight excluding hydrogens is 240 g/mol. The molecule has 0 spiro atoms. The number of ketones is 1. The molecule has 4 heteroatoms. The fraction of sp³-hybridized carbons (Fsp3) is 0.533. The van der Waals surface area contributed by atoms with Gasteiger partial charge in [0.05, 0.1) is 18.7 Å². The van der Waals surface area contributed by atoms with Gasteiger partial charge in [-0.15, -0.1) is 0 Å². The molecule has 0 aliphatic carbocycles. The van der Waals surface area contributed by atoms with E-state index in [1.165, 1.54) is 0 Å². The van der Waals surface area contributed by atoms with Crippen LogP contribution in [0.3, 0.4) is 0 Å². The van der Waals surface area contributed by atoms with Crippen LogP contribution in [0, 0.1) is 0 Å². The number of nitrogens with one attached hydrogen (secondary N) is 1. The number of benzene rings is 1. The molecule has 1 N–H and O–H groups in total. The van der Waals surface area contributed by atoms with E-state index in [9.17, 15) is 4.79 Å². The minimum absolute atomic E-state index is 0.107. The lowest BCUT2D eigenvalue weighted by Gasteiger charge is -2.16. The van der Waals surface area contributed by atoms with E-state index in [2.05, 4.69) is 5.32 Å². The molecule has 1 aromatic carbocycles. The molecule has 0 aliphatic heterocycles. The second-order valence-electron chi connectivity index (χ2n) is 4.55. The molecule has 0 aliphatic rings. The van der Waals surface area contributed by atoms with Gasteiger partial charge in [-0.05, 0) is 52.7 Å². The maximum absolute atomic E-state index is 12.2. The van der Waals surface area contributed by atoms with Gasteiger partial charge in [0, 0.05) is 0 Å². The van der Waals surface area contributed by atoms with Crippen molar-refractivity contribution in [3.05, 3.63) is 29.8 Å². The number of rotatable bonds is 9. The van der Waals surface area contributed by atoms with Gasteiger partial charge in [-0.25, -0.2) is 0 Å². The molecule has 0 heterocycles. The van der Waals surface area contributed by atoms with Crippen molar-refractivity contribution < 1.29 is 9.53 Å². The van der Waals surface area contributed by atoms with Gasteiger partial charge in [0.2, 0.25) is 0 Å². The zero-order chi connectivity index (χ0) is 14.1. The Morgan fingerprint density at radius 3 is 2.79 bits per heavy atom. The molecule has 0 amide bonds. The third kappa shape index (κ3) is 5.41. The molecular formula is C15H24N2O2. The first kappa shape index (κ1) is 15.7. The average molecular weight is 264 g/mol. The summed E-state index contributed by atoms with van der Waals surface area (Å²) < 4.78 is 5.49. The topological polar surface area (TPSA) is 41.6 Å². The first-order chi connectivity index (χ1) is 9.19. The van der Waals surface area contributed by atoms with Crippen LogP contribution in [-0.2, 0) is 0 Å². The van der Waals surface area contributed by atoms with Crippen molar-refractivity contribution >= 4 is 5.78 Å². The van der Waals surface area contributed by atoms with Crippen LogP contribution in [0.1, 0.15) is 23.7 Å². The molecule has 19 heavy (non-hydrogen) atoms. The number of Topliss-reactive ketones (excluding diaryl/α,β-unsaturated/α-hetero) is 1. The number of para-hydroxylation sites is 1. The Labute approximate surface area is 115 Å². The normalized spacial score (nSPS) is 10.7. The lowest BCUT2D eigenvalue weighted by atomic mass is 10.1. The minimum atomic E-state index is 0.107. The summed E-state index contributed by atoms with van der Waals surface area (Å²) in [5.41, 5.74) is 0.671. The first-order valence-corrected chi connectivity index (χ1v) is 6.77. The summed E-state index contributed by atoms with van der Waals surface area (Å²) in [6, 6.07) is 7.43. The maximum Gasteiger partial charge on any atom is 0.180 e. The molecule has 1 rings (SSSR count). The summed E-state index contributed by atoms with van der Waals surface area (Å²) in [5, 5.41) is 3.10. The number of hydrogen-bond acceptors (Lipinski definition) is 4. The van der Waals surface area contributed by atoms with Gasteiger partial charge in [0.25, 0.3) is 0 Å². The smallest absolute Gasteiger partial charge is 0.180 e. The molecule has 0 aromatic heterocycles. The van der Waals surface area contributed by atoms with Crippen molar-refractivity contribution in [1.29, 1.82) is 0 Å². The van der Waals surface area contributed by atoms with Crippen molar-refractivity contribution in [3.63, 3.8) is 0 Å². The second kappa shape index (κ2) is 8.67. The standard InChI is InChI=1S/C15H24N2O2/c1-4-19-15-9-6-5-8-13(15)14(18)12-17(3)11-7-10-16-2/h5-6,8-9,16H,4,7,10-12H2,1-3H3. The number of ether oxygens (including phenoxy) is 1. The van der Waals surface area contributed by atoms with Crippen LogP contribution < -0.4 is 10.1 Å². The van der Waals surface area contributed by atoms with E-state index in [0.29, 0.717) is 24.5 Å². The number of carbonyl (C=O) groups excluding carboxylic acids is 1. The van der Waals surface area contributed by atoms with Crippen LogP contribution in [0.2, 0.25) is 0 Å². The Morgan fingerprint density at radius 2 is 2.11 bits per heavy atom. The summed E-state index contributed by atoms with van der Waals surface area (Å²) in [7, 11) is 3.90. The van der Waals surface area contributed by atoms with Gasteiger partial charge >= 0.3 is 0 Å². The van der Waals surface area contributed by atoms with Crippen LogP contribution in [0.25, 0.3) is 0 Å². The van der Waals surface area contributed by atoms with Gasteiger partial charge in [-0.3, -0.25) is 9.69 Å². The maximum atomic E-state index is 12.2. The Balaban J connectivity index is 2.57. The molecule has 0 atom stereocenters. The third-order valence-electron chi connectivity index (χ3n) is 2.87. The summed E-state index contributed by atoms with van der Waals surface area (Å²) in [4.78, 5) is 14.3. The van der Waals surface area contributed by atoms with Gasteiger partial charge in [-0.2, -0.15) is 0 Å². The molecule has 0 saturated carbocycles. The molecule has 0 fully saturated rings. The van der Waals surface area contributed by atoms with Crippen LogP contribution in [0.5, 0.6) is 5.75 Å². The van der Waals surface area contributed by atoms with E-state index in [-0.39, 0.29) is 5.78 Å². The van der Waals surface area contributed by atoms with E-state index in [1.54, 1.807) is 0 Å². The van der Waals surface area contributed by atoms with Crippen molar-refractivity contribution in [3.8, 4) is 5.75 Å². The quantitative estimate of drug-likeness (QED) is 0.545. The van der Waals surface area contributed by atoms with Crippen LogP contribution in [-0.4, -0.2) is 51.0 Å². The predicted octanol–water partition coefficient (Wildman–Crippen LogP) is 1.81. The highest BCUT2D eigenvalue weighted by Crippen LogP contribution is 2.18. The molecule has 106 valence electrons. The highest BCUT2D eigenvalue weighted by molar-refractivity contribution is 6.00. The van der Waals surface area contributed by atoms with E-state index in [4.69, 9.17) is 4.74 Å². The monoisotopic (exact) mass is 264 g/mol. The summed E-state index contributed by atoms with van der Waals surface area (Å²) in [6.45, 7) is 4.79. The van der Waals surface area contributed by atoms with Crippen LogP contribution in [0.15, 0.2) is 24.3 Å². The van der Waals surface area contributed by atoms with Gasteiger partial charge in [-0.1, -0.05) is 12.1 Å². The van der Waals surface area contributed by atoms with Gasteiger partial charge in [0.1, 0.15) is 5.75 Å². The highest BCUT2D eigenvalue weighted by atomic mass is 16.5. The molecule has 4 nitrogen and oxygen atoms in total. The van der Waals surface area contributed by atoms with E-state index in [0.717, 1.165) is 19.5 Å². The Bertz CT molecular complexity index is 393. The number of hydrogen-bond donors (Lipinski definition) is 1. The highest BCUT2D eigenvalue weighted by Gasteiger charge is 2.13. The molecule has 1 aromatic rings.